The van der Waals surface area contributed by atoms with E-state index in [0.717, 1.165) is 11.4 Å². The molecule has 0 aliphatic rings. The van der Waals surface area contributed by atoms with Crippen LogP contribution in [0.2, 0.25) is 0 Å². The normalized spacial score (nSPS) is 12.7. The molecule has 3 heteroatoms. The first-order chi connectivity index (χ1) is 13.7. The summed E-state index contributed by atoms with van der Waals surface area (Å²) in [4.78, 5) is 4.70. The monoisotopic (exact) mass is 367 g/mol. The summed E-state index contributed by atoms with van der Waals surface area (Å²) in [6.07, 6.45) is 1.93. The van der Waals surface area contributed by atoms with Crippen molar-refractivity contribution in [2.45, 2.75) is 25.4 Å². The van der Waals surface area contributed by atoms with Gasteiger partial charge in [-0.1, -0.05) is 91.0 Å². The maximum Gasteiger partial charge on any atom is 0.121 e. The number of hydrogen-bond acceptors (Lipinski definition) is 2. The van der Waals surface area contributed by atoms with Gasteiger partial charge in [-0.15, -0.1) is 0 Å². The van der Waals surface area contributed by atoms with Gasteiger partial charge in [-0.05, 0) is 30.5 Å². The predicted molar refractivity (Wildman–Crippen MR) is 114 cm³/mol. The number of aromatic nitrogens is 2. The first-order valence-electron chi connectivity index (χ1n) is 9.62. The SMILES string of the molecule is Cc1c([C@H](C)N)ncn1C(c1ccccc1)(c1ccccc1)c1ccccc1. The highest BCUT2D eigenvalue weighted by molar-refractivity contribution is 5.51. The molecule has 1 atom stereocenters. The lowest BCUT2D eigenvalue weighted by Gasteiger charge is -2.38. The summed E-state index contributed by atoms with van der Waals surface area (Å²) in [6.45, 7) is 4.09. The van der Waals surface area contributed by atoms with E-state index in [1.807, 2.05) is 13.3 Å². The molecule has 2 N–H and O–H groups in total. The van der Waals surface area contributed by atoms with Crippen molar-refractivity contribution >= 4 is 0 Å². The summed E-state index contributed by atoms with van der Waals surface area (Å²) in [5.74, 6) is 0. The lowest BCUT2D eigenvalue weighted by Crippen LogP contribution is -2.38. The Morgan fingerprint density at radius 2 is 1.14 bits per heavy atom. The van der Waals surface area contributed by atoms with E-state index in [4.69, 9.17) is 10.7 Å². The summed E-state index contributed by atoms with van der Waals surface area (Å²) in [5.41, 5.74) is 11.2. The quantitative estimate of drug-likeness (QED) is 0.502. The number of rotatable bonds is 5. The molecule has 0 aliphatic carbocycles. The molecule has 0 radical (unpaired) electrons. The number of benzene rings is 3. The Balaban J connectivity index is 2.14. The lowest BCUT2D eigenvalue weighted by molar-refractivity contribution is 0.502. The highest BCUT2D eigenvalue weighted by atomic mass is 15.1. The van der Waals surface area contributed by atoms with Crippen molar-refractivity contribution in [1.82, 2.24) is 9.55 Å². The van der Waals surface area contributed by atoms with Crippen molar-refractivity contribution < 1.29 is 0 Å². The van der Waals surface area contributed by atoms with E-state index in [0.29, 0.717) is 0 Å². The van der Waals surface area contributed by atoms with E-state index >= 15 is 0 Å². The Kier molecular flexibility index (Phi) is 4.84. The molecule has 0 saturated heterocycles. The van der Waals surface area contributed by atoms with E-state index in [-0.39, 0.29) is 6.04 Å². The van der Waals surface area contributed by atoms with Gasteiger partial charge in [0.25, 0.3) is 0 Å². The fraction of sp³-hybridized carbons (Fsp3) is 0.160. The summed E-state index contributed by atoms with van der Waals surface area (Å²) >= 11 is 0. The van der Waals surface area contributed by atoms with Crippen LogP contribution < -0.4 is 5.73 Å². The zero-order chi connectivity index (χ0) is 19.6. The van der Waals surface area contributed by atoms with E-state index < -0.39 is 5.54 Å². The highest BCUT2D eigenvalue weighted by Gasteiger charge is 2.39. The zero-order valence-corrected chi connectivity index (χ0v) is 16.3. The fourth-order valence-electron chi connectivity index (χ4n) is 4.16. The molecule has 0 saturated carbocycles. The van der Waals surface area contributed by atoms with Gasteiger partial charge in [-0.25, -0.2) is 4.98 Å². The van der Waals surface area contributed by atoms with Crippen LogP contribution in [0.25, 0.3) is 0 Å². The third-order valence-corrected chi connectivity index (χ3v) is 5.41. The molecule has 140 valence electrons. The van der Waals surface area contributed by atoms with Crippen molar-refractivity contribution in [3.05, 3.63) is 125 Å². The molecule has 0 fully saturated rings. The van der Waals surface area contributed by atoms with Crippen LogP contribution in [0.3, 0.4) is 0 Å². The Morgan fingerprint density at radius 1 is 0.750 bits per heavy atom. The Morgan fingerprint density at radius 3 is 1.46 bits per heavy atom. The van der Waals surface area contributed by atoms with Gasteiger partial charge in [0.15, 0.2) is 0 Å². The van der Waals surface area contributed by atoms with E-state index in [2.05, 4.69) is 102 Å². The smallest absolute Gasteiger partial charge is 0.121 e. The predicted octanol–water partition coefficient (Wildman–Crippen LogP) is 5.05. The van der Waals surface area contributed by atoms with Crippen molar-refractivity contribution in [2.75, 3.05) is 0 Å². The molecule has 0 aliphatic heterocycles. The Hall–Kier alpha value is -3.17. The minimum absolute atomic E-state index is 0.124. The summed E-state index contributed by atoms with van der Waals surface area (Å²) in [5, 5.41) is 0. The van der Waals surface area contributed by atoms with Crippen LogP contribution in [0.5, 0.6) is 0 Å². The number of hydrogen-bond donors (Lipinski definition) is 1. The molecule has 3 nitrogen and oxygen atoms in total. The van der Waals surface area contributed by atoms with Gasteiger partial charge in [0.2, 0.25) is 0 Å². The molecule has 4 aromatic rings. The van der Waals surface area contributed by atoms with Crippen LogP contribution in [-0.2, 0) is 5.54 Å². The standard InChI is InChI=1S/C25H25N3/c1-19(26)24-20(2)28(18-27-24)25(21-12-6-3-7-13-21,22-14-8-4-9-15-22)23-16-10-5-11-17-23/h3-19H,26H2,1-2H3/t19-/m0/s1. The van der Waals surface area contributed by atoms with Crippen LogP contribution in [-0.4, -0.2) is 9.55 Å². The molecule has 1 aromatic heterocycles. The molecular weight excluding hydrogens is 342 g/mol. The van der Waals surface area contributed by atoms with Crippen molar-refractivity contribution in [1.29, 1.82) is 0 Å². The van der Waals surface area contributed by atoms with Gasteiger partial charge in [0, 0.05) is 11.7 Å². The second-order valence-corrected chi connectivity index (χ2v) is 7.18. The molecule has 28 heavy (non-hydrogen) atoms. The molecule has 0 unspecified atom stereocenters. The minimum atomic E-state index is -0.534. The van der Waals surface area contributed by atoms with Gasteiger partial charge in [-0.2, -0.15) is 0 Å². The molecule has 3 aromatic carbocycles. The molecule has 0 amide bonds. The third-order valence-electron chi connectivity index (χ3n) is 5.41. The second-order valence-electron chi connectivity index (χ2n) is 7.18. The zero-order valence-electron chi connectivity index (χ0n) is 16.3. The molecule has 1 heterocycles. The van der Waals surface area contributed by atoms with E-state index in [9.17, 15) is 0 Å². The van der Waals surface area contributed by atoms with Crippen LogP contribution in [0, 0.1) is 6.92 Å². The number of imidazole rings is 1. The molecule has 0 bridgehead atoms. The van der Waals surface area contributed by atoms with Gasteiger partial charge in [0.05, 0.1) is 12.0 Å². The topological polar surface area (TPSA) is 43.8 Å². The average molecular weight is 367 g/mol. The van der Waals surface area contributed by atoms with Crippen LogP contribution in [0.4, 0.5) is 0 Å². The van der Waals surface area contributed by atoms with E-state index in [1.54, 1.807) is 0 Å². The van der Waals surface area contributed by atoms with Gasteiger partial charge in [0.1, 0.15) is 5.54 Å². The first-order valence-corrected chi connectivity index (χ1v) is 9.62. The van der Waals surface area contributed by atoms with Gasteiger partial charge in [-0.3, -0.25) is 0 Å². The number of nitrogens with two attached hydrogens (primary N) is 1. The van der Waals surface area contributed by atoms with Crippen molar-refractivity contribution in [2.24, 2.45) is 5.73 Å². The maximum atomic E-state index is 6.21. The van der Waals surface area contributed by atoms with Crippen LogP contribution in [0.1, 0.15) is 41.0 Å². The molecular formula is C25H25N3. The fourth-order valence-corrected chi connectivity index (χ4v) is 4.16. The molecule has 0 spiro atoms. The maximum absolute atomic E-state index is 6.21. The van der Waals surface area contributed by atoms with Gasteiger partial charge < -0.3 is 10.3 Å². The van der Waals surface area contributed by atoms with Gasteiger partial charge >= 0.3 is 0 Å². The average Bonchev–Trinajstić information content (AvgIpc) is 3.13. The third kappa shape index (κ3) is 2.85. The van der Waals surface area contributed by atoms with E-state index in [1.165, 1.54) is 16.7 Å². The summed E-state index contributed by atoms with van der Waals surface area (Å²) in [6, 6.07) is 31.7. The van der Waals surface area contributed by atoms with Crippen LogP contribution in [0.15, 0.2) is 97.3 Å². The lowest BCUT2D eigenvalue weighted by atomic mass is 9.76. The van der Waals surface area contributed by atoms with Crippen molar-refractivity contribution in [3.63, 3.8) is 0 Å². The second kappa shape index (κ2) is 7.45. The Bertz CT molecular complexity index is 938. The largest absolute Gasteiger partial charge is 0.323 e. The highest BCUT2D eigenvalue weighted by Crippen LogP contribution is 2.42. The van der Waals surface area contributed by atoms with Crippen molar-refractivity contribution in [3.8, 4) is 0 Å². The van der Waals surface area contributed by atoms with Crippen LogP contribution >= 0.6 is 0 Å². The number of nitrogens with zero attached hydrogens (tertiary/aromatic N) is 2. The Labute approximate surface area is 166 Å². The molecule has 4 rings (SSSR count). The summed E-state index contributed by atoms with van der Waals surface area (Å²) < 4.78 is 2.27. The summed E-state index contributed by atoms with van der Waals surface area (Å²) in [7, 11) is 0. The first kappa shape index (κ1) is 18.2. The minimum Gasteiger partial charge on any atom is -0.323 e.